The minimum absolute atomic E-state index is 0.0911. The van der Waals surface area contributed by atoms with E-state index in [1.54, 1.807) is 6.92 Å². The molecule has 0 unspecified atom stereocenters. The van der Waals surface area contributed by atoms with Crippen LogP contribution in [0, 0.1) is 6.08 Å². The van der Waals surface area contributed by atoms with Gasteiger partial charge in [-0.25, -0.2) is 0 Å². The Hall–Kier alpha value is 1.40. The Bertz CT molecular complexity index is 287. The van der Waals surface area contributed by atoms with Crippen LogP contribution in [0.15, 0.2) is 5.57 Å². The van der Waals surface area contributed by atoms with Crippen molar-refractivity contribution in [2.24, 2.45) is 0 Å². The Morgan fingerprint density at radius 2 is 1.36 bits per heavy atom. The van der Waals surface area contributed by atoms with Crippen LogP contribution in [0.25, 0.3) is 0 Å². The number of carbonyl (C=O) groups is 1. The monoisotopic (exact) mass is 622 g/mol. The molecule has 0 aromatic rings. The van der Waals surface area contributed by atoms with E-state index in [4.69, 9.17) is 3.07 Å². The third-order valence-electron chi connectivity index (χ3n) is 3.95. The number of halogens is 1. The van der Waals surface area contributed by atoms with Gasteiger partial charge in [-0.2, -0.15) is 0 Å². The number of carbonyl (C=O) groups excluding carboxylic acids is 1. The van der Waals surface area contributed by atoms with Crippen molar-refractivity contribution < 1.29 is 23.5 Å². The predicted molar refractivity (Wildman–Crippen MR) is 103 cm³/mol. The Morgan fingerprint density at radius 1 is 1.00 bits per heavy atom. The number of hydrogen-bond acceptors (Lipinski definition) is 2. The van der Waals surface area contributed by atoms with Crippen LogP contribution < -0.4 is 0 Å². The quantitative estimate of drug-likeness (QED) is 0.114. The summed E-state index contributed by atoms with van der Waals surface area (Å²) in [6.45, 7) is 10.3. The van der Waals surface area contributed by atoms with Gasteiger partial charge in [0, 0.05) is 0 Å². The Balaban J connectivity index is 0. The molecule has 0 aliphatic heterocycles. The molecule has 0 spiro atoms. The molecule has 134 valence electrons. The van der Waals surface area contributed by atoms with Gasteiger partial charge in [-0.1, -0.05) is 0 Å². The first-order valence-corrected chi connectivity index (χ1v) is 20.3. The maximum absolute atomic E-state index is 12.2. The molecular formula is C17H33IO2PdSn. The zero-order valence-corrected chi connectivity index (χ0v) is 21.4. The molecule has 0 aromatic heterocycles. The average molecular weight is 621 g/mol. The summed E-state index contributed by atoms with van der Waals surface area (Å²) in [5, 5.41) is 0. The van der Waals surface area contributed by atoms with E-state index >= 15 is 0 Å². The van der Waals surface area contributed by atoms with E-state index in [1.165, 1.54) is 51.8 Å². The van der Waals surface area contributed by atoms with Crippen LogP contribution in [0.1, 0.15) is 73.1 Å². The van der Waals surface area contributed by atoms with Crippen LogP contribution in [-0.2, 0) is 23.5 Å². The number of unbranched alkanes of at least 4 members (excludes halogenated alkanes) is 3. The van der Waals surface area contributed by atoms with Gasteiger partial charge in [0.15, 0.2) is 0 Å². The molecule has 0 saturated heterocycles. The molecule has 0 heterocycles. The second-order valence-electron chi connectivity index (χ2n) is 5.76. The molecule has 0 bridgehead atoms. The van der Waals surface area contributed by atoms with Gasteiger partial charge in [0.1, 0.15) is 0 Å². The normalized spacial score (nSPS) is 11.7. The van der Waals surface area contributed by atoms with Gasteiger partial charge in [-0.3, -0.25) is 0 Å². The van der Waals surface area contributed by atoms with Crippen LogP contribution in [0.3, 0.4) is 0 Å². The summed E-state index contributed by atoms with van der Waals surface area (Å²) in [5.74, 6) is -0.0911. The van der Waals surface area contributed by atoms with Crippen molar-refractivity contribution in [2.45, 2.75) is 86.5 Å². The van der Waals surface area contributed by atoms with E-state index in [2.05, 4.69) is 42.4 Å². The molecule has 0 rings (SSSR count). The molecule has 0 atom stereocenters. The zero-order valence-electron chi connectivity index (χ0n) is 14.9. The molecule has 0 radical (unpaired) electrons. The standard InChI is InChI=1S/C5H7O2.3C4H9.HI.Pd.Sn/c1-3-4(2)5(6)7;3*1-3-4-2;;;/h1-2H3,(H,6,7);3*1,3-4H2,2H3;1H;;/q-1;;;;;+2;+1/p-2. The molecule has 0 saturated carbocycles. The van der Waals surface area contributed by atoms with E-state index in [9.17, 15) is 4.79 Å². The number of hydrogen-bond donors (Lipinski definition) is 0. The summed E-state index contributed by atoms with van der Waals surface area (Å²) in [5.41, 5.74) is 0.649. The van der Waals surface area contributed by atoms with Crippen molar-refractivity contribution in [3.05, 3.63) is 11.6 Å². The summed E-state index contributed by atoms with van der Waals surface area (Å²) in [7, 11) is 0. The molecule has 2 nitrogen and oxygen atoms in total. The van der Waals surface area contributed by atoms with Gasteiger partial charge >= 0.3 is 166 Å². The van der Waals surface area contributed by atoms with Crippen LogP contribution in [0.2, 0.25) is 13.3 Å². The number of allylic oxidation sites excluding steroid dienone is 1. The summed E-state index contributed by atoms with van der Waals surface area (Å²) < 4.78 is 9.78. The predicted octanol–water partition coefficient (Wildman–Crippen LogP) is 6.53. The first-order valence-electron chi connectivity index (χ1n) is 8.41. The Labute approximate surface area is 164 Å². The molecule has 0 aromatic carbocycles. The second-order valence-corrected chi connectivity index (χ2v) is 17.4. The average Bonchev–Trinajstić information content (AvgIpc) is 2.56. The van der Waals surface area contributed by atoms with Crippen molar-refractivity contribution in [3.63, 3.8) is 0 Å². The zero-order chi connectivity index (χ0) is 17.4. The number of rotatable bonds is 11. The third kappa shape index (κ3) is 11.9. The van der Waals surface area contributed by atoms with Gasteiger partial charge in [-0.05, 0) is 0 Å². The van der Waals surface area contributed by atoms with Crippen molar-refractivity contribution in [1.82, 2.24) is 0 Å². The van der Waals surface area contributed by atoms with E-state index in [0.29, 0.717) is 5.57 Å². The molecule has 0 aliphatic rings. The van der Waals surface area contributed by atoms with E-state index in [-0.39, 0.29) is 5.97 Å². The van der Waals surface area contributed by atoms with Crippen LogP contribution in [-0.4, -0.2) is 24.8 Å². The van der Waals surface area contributed by atoms with E-state index in [1.807, 2.05) is 26.4 Å². The minimum atomic E-state index is -2.76. The molecule has 0 aliphatic carbocycles. The van der Waals surface area contributed by atoms with Crippen molar-refractivity contribution >= 4 is 44.3 Å². The molecule has 0 fully saturated rings. The van der Waals surface area contributed by atoms with Crippen LogP contribution in [0.5, 0.6) is 0 Å². The first kappa shape index (κ1) is 25.6. The molecule has 0 N–H and O–H groups in total. The van der Waals surface area contributed by atoms with Crippen molar-refractivity contribution in [1.29, 1.82) is 0 Å². The summed E-state index contributed by atoms with van der Waals surface area (Å²) in [4.78, 5) is 12.2. The summed E-state index contributed by atoms with van der Waals surface area (Å²) >= 11 is 1.96. The summed E-state index contributed by atoms with van der Waals surface area (Å²) in [6.07, 6.45) is 10.2. The van der Waals surface area contributed by atoms with Gasteiger partial charge in [0.2, 0.25) is 0 Å². The van der Waals surface area contributed by atoms with Gasteiger partial charge in [0.25, 0.3) is 0 Å². The fourth-order valence-electron chi connectivity index (χ4n) is 2.40. The van der Waals surface area contributed by atoms with Gasteiger partial charge in [0.05, 0.1) is 0 Å². The fourth-order valence-corrected chi connectivity index (χ4v) is 15.5. The summed E-state index contributed by atoms with van der Waals surface area (Å²) in [6, 6.07) is 0. The Kier molecular flexibility index (Phi) is 20.1. The Morgan fingerprint density at radius 3 is 1.64 bits per heavy atom. The SMILES string of the molecule is C[C-]=C(C)C(=O)[O][Sn]([CH2]CCC)([CH2]CCC)[CH2]CCC.[Pd+][I]. The molecule has 0 amide bonds. The molecule has 22 heavy (non-hydrogen) atoms. The van der Waals surface area contributed by atoms with Gasteiger partial charge < -0.3 is 0 Å². The van der Waals surface area contributed by atoms with Crippen LogP contribution in [0.4, 0.5) is 0 Å². The van der Waals surface area contributed by atoms with Crippen LogP contribution >= 0.6 is 19.5 Å². The first-order chi connectivity index (χ1) is 10.5. The molecular weight excluding hydrogens is 588 g/mol. The fraction of sp³-hybridized carbons (Fsp3) is 0.824. The van der Waals surface area contributed by atoms with E-state index < -0.39 is 18.8 Å². The maximum atomic E-state index is 12.2. The topological polar surface area (TPSA) is 26.3 Å². The van der Waals surface area contributed by atoms with Crippen molar-refractivity contribution in [2.75, 3.05) is 0 Å². The third-order valence-corrected chi connectivity index (χ3v) is 16.5. The second kappa shape index (κ2) is 17.2. The van der Waals surface area contributed by atoms with Crippen molar-refractivity contribution in [3.8, 4) is 0 Å². The van der Waals surface area contributed by atoms with Gasteiger partial charge in [-0.15, -0.1) is 0 Å². The molecule has 5 heteroatoms. The van der Waals surface area contributed by atoms with E-state index in [0.717, 1.165) is 0 Å².